The Morgan fingerprint density at radius 2 is 1.81 bits per heavy atom. The van der Waals surface area contributed by atoms with Gasteiger partial charge in [0.15, 0.2) is 5.69 Å². The van der Waals surface area contributed by atoms with Crippen molar-refractivity contribution in [1.82, 2.24) is 14.7 Å². The number of nitrogens with one attached hydrogen (secondary N) is 1. The van der Waals surface area contributed by atoms with E-state index in [0.29, 0.717) is 29.5 Å². The number of methoxy groups -OCH3 is 1. The van der Waals surface area contributed by atoms with Crippen LogP contribution >= 0.6 is 0 Å². The van der Waals surface area contributed by atoms with Crippen LogP contribution in [0, 0.1) is 5.41 Å². The van der Waals surface area contributed by atoms with E-state index < -0.39 is 28.6 Å². The maximum atomic E-state index is 13.8. The summed E-state index contributed by atoms with van der Waals surface area (Å²) in [5.74, 6) is -0.508. The molecule has 3 rings (SSSR count). The number of benzene rings is 1. The molecular weight excluding hydrogens is 472 g/mol. The number of imide groups is 1. The largest absolute Gasteiger partial charge is 0.533 e. The molecule has 1 fully saturated rings. The molecule has 0 aromatic heterocycles. The fraction of sp³-hybridized carbons (Fsp3) is 0.571. The Kier molecular flexibility index (Phi) is 8.59. The first-order chi connectivity index (χ1) is 17.4. The van der Waals surface area contributed by atoms with Gasteiger partial charge in [-0.1, -0.05) is 37.4 Å². The lowest BCUT2D eigenvalue weighted by atomic mass is 9.87. The van der Waals surface area contributed by atoms with E-state index in [1.807, 2.05) is 34.6 Å². The number of ether oxygens (including phenoxy) is 1. The van der Waals surface area contributed by atoms with Crippen LogP contribution in [-0.4, -0.2) is 60.5 Å². The Labute approximate surface area is 219 Å². The molecule has 1 unspecified atom stereocenters. The van der Waals surface area contributed by atoms with Crippen LogP contribution in [0.15, 0.2) is 30.5 Å². The van der Waals surface area contributed by atoms with Gasteiger partial charge in [0.2, 0.25) is 0 Å². The second-order valence-corrected chi connectivity index (χ2v) is 11.5. The number of amides is 4. The summed E-state index contributed by atoms with van der Waals surface area (Å²) in [4.78, 5) is 54.1. The molecule has 5 atom stereocenters. The summed E-state index contributed by atoms with van der Waals surface area (Å²) in [6.07, 6.45) is 4.81. The van der Waals surface area contributed by atoms with Gasteiger partial charge in [-0.2, -0.15) is 4.79 Å². The number of nitrogens with zero attached hydrogens (tertiary/aromatic N) is 2. The van der Waals surface area contributed by atoms with E-state index in [-0.39, 0.29) is 30.0 Å². The van der Waals surface area contributed by atoms with Gasteiger partial charge < -0.3 is 25.5 Å². The van der Waals surface area contributed by atoms with Crippen LogP contribution in [-0.2, 0) is 14.3 Å². The highest BCUT2D eigenvalue weighted by molar-refractivity contribution is 6.14. The molecule has 3 N–H and O–H groups in total. The van der Waals surface area contributed by atoms with Crippen molar-refractivity contribution in [2.24, 2.45) is 11.1 Å². The molecule has 0 saturated carbocycles. The second-order valence-electron chi connectivity index (χ2n) is 11.5. The Morgan fingerprint density at radius 1 is 1.19 bits per heavy atom. The van der Waals surface area contributed by atoms with Crippen molar-refractivity contribution in [1.29, 1.82) is 0 Å². The first-order valence-corrected chi connectivity index (χ1v) is 13.0. The molecule has 0 spiro atoms. The first-order valence-electron chi connectivity index (χ1n) is 13.0. The van der Waals surface area contributed by atoms with E-state index in [1.54, 1.807) is 29.2 Å². The average molecular weight is 514 g/mol. The van der Waals surface area contributed by atoms with Crippen molar-refractivity contribution >= 4 is 35.6 Å². The number of piperidine rings is 1. The predicted molar refractivity (Wildman–Crippen MR) is 143 cm³/mol. The minimum atomic E-state index is -0.925. The van der Waals surface area contributed by atoms with E-state index in [0.717, 1.165) is 19.3 Å². The molecule has 0 radical (unpaired) electrons. The molecule has 0 bridgehead atoms. The Bertz CT molecular complexity index is 1070. The van der Waals surface area contributed by atoms with E-state index in [9.17, 15) is 19.2 Å². The summed E-state index contributed by atoms with van der Waals surface area (Å²) in [5.41, 5.74) is 7.76. The zero-order chi connectivity index (χ0) is 27.5. The molecule has 37 heavy (non-hydrogen) atoms. The average Bonchev–Trinajstić information content (AvgIpc) is 3.16. The minimum absolute atomic E-state index is 0.0769. The Morgan fingerprint density at radius 3 is 2.38 bits per heavy atom. The summed E-state index contributed by atoms with van der Waals surface area (Å²) in [7, 11) is 1.23. The third kappa shape index (κ3) is 5.78. The molecular formula is C28H41N4O5+. The van der Waals surface area contributed by atoms with Gasteiger partial charge in [-0.25, -0.2) is 9.59 Å². The molecule has 202 valence electrons. The SMILES string of the molecule is COC(=O)[N+]1(C(=O)[C@@H](N)CC(C)(C)C)C=C(C[C@@H](C=O)NC(=O)N2[C@H](C)CCC[C@@H]2C)c2ccccc21. The number of carbonyl (C=O) groups excluding carboxylic acids is 4. The Hall–Kier alpha value is -3.04. The first kappa shape index (κ1) is 28.5. The van der Waals surface area contributed by atoms with Gasteiger partial charge >= 0.3 is 18.0 Å². The highest BCUT2D eigenvalue weighted by Crippen LogP contribution is 2.44. The molecule has 1 aromatic rings. The number of para-hydroxylation sites is 1. The van der Waals surface area contributed by atoms with Crippen LogP contribution in [0.25, 0.3) is 5.57 Å². The summed E-state index contributed by atoms with van der Waals surface area (Å²) in [5, 5.41) is 2.85. The van der Waals surface area contributed by atoms with Crippen LogP contribution in [0.3, 0.4) is 0 Å². The molecule has 4 amide bonds. The van der Waals surface area contributed by atoms with Gasteiger partial charge in [-0.3, -0.25) is 0 Å². The maximum absolute atomic E-state index is 13.8. The number of urea groups is 1. The van der Waals surface area contributed by atoms with E-state index >= 15 is 0 Å². The van der Waals surface area contributed by atoms with Crippen molar-refractivity contribution < 1.29 is 23.9 Å². The molecule has 1 aromatic carbocycles. The molecule has 0 aliphatic carbocycles. The predicted octanol–water partition coefficient (Wildman–Crippen LogP) is 4.34. The van der Waals surface area contributed by atoms with Crippen LogP contribution in [0.2, 0.25) is 0 Å². The number of carbonyl (C=O) groups is 4. The smallest absolute Gasteiger partial charge is 0.422 e. The molecule has 2 aliphatic rings. The lowest BCUT2D eigenvalue weighted by Gasteiger charge is -2.39. The number of aldehydes is 1. The number of rotatable bonds is 6. The second kappa shape index (κ2) is 11.1. The zero-order valence-electron chi connectivity index (χ0n) is 22.8. The fourth-order valence-corrected chi connectivity index (χ4v) is 5.59. The topological polar surface area (TPSA) is 119 Å². The van der Waals surface area contributed by atoms with Gasteiger partial charge in [-0.15, -0.1) is 0 Å². The highest BCUT2D eigenvalue weighted by Gasteiger charge is 2.55. The standard InChI is InChI=1S/C28H40N4O5/c1-18-10-9-11-19(2)31(18)26(35)30-21(17-33)14-20-16-32(27(36)37-6,24-13-8-7-12-22(20)24)25(34)23(29)15-28(3,4)5/h7-8,12-13,16-19,21,23H,9-11,14-15,29H2,1-6H3/p+1/t18-,19+,21-,23-,32?/m0/s1. The normalized spacial score (nSPS) is 24.9. The van der Waals surface area contributed by atoms with E-state index in [4.69, 9.17) is 10.5 Å². The molecule has 9 heteroatoms. The van der Waals surface area contributed by atoms with Gasteiger partial charge in [0.25, 0.3) is 0 Å². The maximum Gasteiger partial charge on any atom is 0.533 e. The van der Waals surface area contributed by atoms with Crippen molar-refractivity contribution in [3.8, 4) is 0 Å². The number of hydrogen-bond acceptors (Lipinski definition) is 6. The highest BCUT2D eigenvalue weighted by atomic mass is 16.5. The lowest BCUT2D eigenvalue weighted by molar-refractivity contribution is -0.128. The van der Waals surface area contributed by atoms with E-state index in [1.165, 1.54) is 13.3 Å². The molecule has 1 saturated heterocycles. The quantitative estimate of drug-likeness (QED) is 0.432. The van der Waals surface area contributed by atoms with Crippen LogP contribution in [0.4, 0.5) is 15.3 Å². The zero-order valence-corrected chi connectivity index (χ0v) is 22.8. The monoisotopic (exact) mass is 513 g/mol. The van der Waals surface area contributed by atoms with Crippen LogP contribution < -0.4 is 15.5 Å². The Balaban J connectivity index is 1.96. The number of fused-ring (bicyclic) bond motifs is 1. The lowest BCUT2D eigenvalue weighted by Crippen LogP contribution is -2.60. The summed E-state index contributed by atoms with van der Waals surface area (Å²) in [6.45, 7) is 9.95. The number of quaternary nitrogens is 1. The third-order valence-electron chi connectivity index (χ3n) is 7.28. The molecule has 2 heterocycles. The van der Waals surface area contributed by atoms with Crippen molar-refractivity contribution in [3.63, 3.8) is 0 Å². The van der Waals surface area contributed by atoms with Gasteiger partial charge in [0.1, 0.15) is 18.5 Å². The number of likely N-dealkylation sites (tertiary alicyclic amines) is 1. The van der Waals surface area contributed by atoms with Crippen molar-refractivity contribution in [3.05, 3.63) is 36.0 Å². The third-order valence-corrected chi connectivity index (χ3v) is 7.28. The number of hydrogen-bond donors (Lipinski definition) is 2. The van der Waals surface area contributed by atoms with E-state index in [2.05, 4.69) is 5.32 Å². The molecule has 2 aliphatic heterocycles. The van der Waals surface area contributed by atoms with Crippen molar-refractivity contribution in [2.45, 2.75) is 90.9 Å². The molecule has 9 nitrogen and oxygen atoms in total. The van der Waals surface area contributed by atoms with Crippen LogP contribution in [0.1, 0.15) is 72.3 Å². The van der Waals surface area contributed by atoms with Gasteiger partial charge in [0.05, 0.1) is 13.2 Å². The van der Waals surface area contributed by atoms with Crippen LogP contribution in [0.5, 0.6) is 0 Å². The van der Waals surface area contributed by atoms with Crippen molar-refractivity contribution in [2.75, 3.05) is 7.11 Å². The fourth-order valence-electron chi connectivity index (χ4n) is 5.59. The summed E-state index contributed by atoms with van der Waals surface area (Å²) < 4.78 is 4.29. The number of nitrogens with two attached hydrogens (primary N) is 1. The summed E-state index contributed by atoms with van der Waals surface area (Å²) in [6, 6.07) is 5.13. The minimum Gasteiger partial charge on any atom is -0.422 e. The van der Waals surface area contributed by atoms with Gasteiger partial charge in [-0.05, 0) is 51.0 Å². The summed E-state index contributed by atoms with van der Waals surface area (Å²) >= 11 is 0. The van der Waals surface area contributed by atoms with Gasteiger partial charge in [0, 0.05) is 35.7 Å².